The van der Waals surface area contributed by atoms with Crippen molar-refractivity contribution in [2.24, 2.45) is 0 Å². The Kier molecular flexibility index (Phi) is 4.48. The number of piperidine rings is 1. The standard InChI is InChI=1S/C15H29NO/c1-15(2,3)16-11-9-14(10-12-16)17-13-7-5-4-6-8-13/h13-14H,4-12H2,1-3H3. The molecule has 1 aliphatic carbocycles. The van der Waals surface area contributed by atoms with Crippen LogP contribution in [0.3, 0.4) is 0 Å². The number of hydrogen-bond donors (Lipinski definition) is 0. The molecule has 0 radical (unpaired) electrons. The lowest BCUT2D eigenvalue weighted by atomic mass is 9.96. The minimum atomic E-state index is 0.329. The summed E-state index contributed by atoms with van der Waals surface area (Å²) in [5, 5.41) is 0. The third-order valence-electron chi connectivity index (χ3n) is 4.33. The zero-order chi connectivity index (χ0) is 12.3. The quantitative estimate of drug-likeness (QED) is 0.730. The first-order valence-corrected chi connectivity index (χ1v) is 7.46. The lowest BCUT2D eigenvalue weighted by molar-refractivity contribution is -0.0651. The number of rotatable bonds is 2. The van der Waals surface area contributed by atoms with Gasteiger partial charge in [-0.1, -0.05) is 19.3 Å². The molecule has 0 spiro atoms. The maximum atomic E-state index is 6.27. The summed E-state index contributed by atoms with van der Waals surface area (Å²) in [5.74, 6) is 0. The molecule has 1 heterocycles. The van der Waals surface area contributed by atoms with Crippen LogP contribution in [-0.2, 0) is 4.74 Å². The summed E-state index contributed by atoms with van der Waals surface area (Å²) in [4.78, 5) is 2.59. The molecule has 2 fully saturated rings. The van der Waals surface area contributed by atoms with Crippen LogP contribution < -0.4 is 0 Å². The molecular formula is C15H29NO. The van der Waals surface area contributed by atoms with Gasteiger partial charge in [0.2, 0.25) is 0 Å². The van der Waals surface area contributed by atoms with Gasteiger partial charge in [0, 0.05) is 18.6 Å². The van der Waals surface area contributed by atoms with Crippen LogP contribution in [0.15, 0.2) is 0 Å². The predicted molar refractivity (Wildman–Crippen MR) is 72.3 cm³/mol. The second kappa shape index (κ2) is 5.71. The van der Waals surface area contributed by atoms with E-state index in [-0.39, 0.29) is 0 Å². The van der Waals surface area contributed by atoms with Gasteiger partial charge in [0.05, 0.1) is 12.2 Å². The van der Waals surface area contributed by atoms with E-state index in [1.54, 1.807) is 0 Å². The Balaban J connectivity index is 1.71. The summed E-state index contributed by atoms with van der Waals surface area (Å²) >= 11 is 0. The summed E-state index contributed by atoms with van der Waals surface area (Å²) in [6.45, 7) is 9.36. The van der Waals surface area contributed by atoms with Gasteiger partial charge < -0.3 is 4.74 Å². The molecule has 0 bridgehead atoms. The number of nitrogens with zero attached hydrogens (tertiary/aromatic N) is 1. The fourth-order valence-corrected chi connectivity index (χ4v) is 3.14. The molecule has 1 saturated heterocycles. The highest BCUT2D eigenvalue weighted by atomic mass is 16.5. The van der Waals surface area contributed by atoms with Crippen molar-refractivity contribution < 1.29 is 4.74 Å². The minimum Gasteiger partial charge on any atom is -0.375 e. The fourth-order valence-electron chi connectivity index (χ4n) is 3.14. The van der Waals surface area contributed by atoms with Crippen molar-refractivity contribution in [1.82, 2.24) is 4.90 Å². The highest BCUT2D eigenvalue weighted by Gasteiger charge is 2.28. The average molecular weight is 239 g/mol. The van der Waals surface area contributed by atoms with Gasteiger partial charge in [-0.3, -0.25) is 4.90 Å². The first-order valence-electron chi connectivity index (χ1n) is 7.46. The fraction of sp³-hybridized carbons (Fsp3) is 1.00. The van der Waals surface area contributed by atoms with Crippen molar-refractivity contribution in [3.63, 3.8) is 0 Å². The molecular weight excluding hydrogens is 210 g/mol. The van der Waals surface area contributed by atoms with Gasteiger partial charge in [0.25, 0.3) is 0 Å². The molecule has 2 aliphatic rings. The molecule has 1 aliphatic heterocycles. The molecule has 0 amide bonds. The van der Waals surface area contributed by atoms with E-state index in [2.05, 4.69) is 25.7 Å². The third-order valence-corrected chi connectivity index (χ3v) is 4.33. The van der Waals surface area contributed by atoms with Crippen LogP contribution in [0.5, 0.6) is 0 Å². The Bertz CT molecular complexity index is 220. The second-order valence-corrected chi connectivity index (χ2v) is 6.75. The Labute approximate surface area is 107 Å². The van der Waals surface area contributed by atoms with Gasteiger partial charge >= 0.3 is 0 Å². The largest absolute Gasteiger partial charge is 0.375 e. The Morgan fingerprint density at radius 1 is 0.824 bits per heavy atom. The maximum Gasteiger partial charge on any atom is 0.0603 e. The normalized spacial score (nSPS) is 26.3. The lowest BCUT2D eigenvalue weighted by Crippen LogP contribution is -2.48. The Morgan fingerprint density at radius 3 is 1.88 bits per heavy atom. The monoisotopic (exact) mass is 239 g/mol. The Hall–Kier alpha value is -0.0800. The van der Waals surface area contributed by atoms with Gasteiger partial charge in [0.1, 0.15) is 0 Å². The van der Waals surface area contributed by atoms with Crippen LogP contribution >= 0.6 is 0 Å². The highest BCUT2D eigenvalue weighted by Crippen LogP contribution is 2.26. The summed E-state index contributed by atoms with van der Waals surface area (Å²) < 4.78 is 6.27. The van der Waals surface area contributed by atoms with Crippen LogP contribution in [-0.4, -0.2) is 35.7 Å². The van der Waals surface area contributed by atoms with Crippen LogP contribution in [0.25, 0.3) is 0 Å². The van der Waals surface area contributed by atoms with E-state index >= 15 is 0 Å². The summed E-state index contributed by atoms with van der Waals surface area (Å²) in [5.41, 5.74) is 0.329. The van der Waals surface area contributed by atoms with Crippen molar-refractivity contribution in [2.75, 3.05) is 13.1 Å². The third kappa shape index (κ3) is 3.96. The van der Waals surface area contributed by atoms with Gasteiger partial charge in [-0.05, 0) is 46.5 Å². The first kappa shape index (κ1) is 13.4. The SMILES string of the molecule is CC(C)(C)N1CCC(OC2CCCCC2)CC1. The van der Waals surface area contributed by atoms with E-state index in [9.17, 15) is 0 Å². The molecule has 0 N–H and O–H groups in total. The average Bonchev–Trinajstić information content (AvgIpc) is 2.30. The van der Waals surface area contributed by atoms with Crippen molar-refractivity contribution >= 4 is 0 Å². The topological polar surface area (TPSA) is 12.5 Å². The molecule has 1 saturated carbocycles. The predicted octanol–water partition coefficient (Wildman–Crippen LogP) is 3.60. The molecule has 0 aromatic heterocycles. The molecule has 0 unspecified atom stereocenters. The van der Waals surface area contributed by atoms with Gasteiger partial charge in [0.15, 0.2) is 0 Å². The zero-order valence-corrected chi connectivity index (χ0v) is 11.9. The minimum absolute atomic E-state index is 0.329. The van der Waals surface area contributed by atoms with Crippen molar-refractivity contribution in [3.05, 3.63) is 0 Å². The molecule has 2 nitrogen and oxygen atoms in total. The van der Waals surface area contributed by atoms with E-state index in [0.717, 1.165) is 0 Å². The summed E-state index contributed by atoms with van der Waals surface area (Å²) in [6, 6.07) is 0. The van der Waals surface area contributed by atoms with Gasteiger partial charge in [-0.15, -0.1) is 0 Å². The zero-order valence-electron chi connectivity index (χ0n) is 11.9. The maximum absolute atomic E-state index is 6.27. The van der Waals surface area contributed by atoms with E-state index in [0.29, 0.717) is 17.7 Å². The van der Waals surface area contributed by atoms with Crippen molar-refractivity contribution in [3.8, 4) is 0 Å². The number of hydrogen-bond acceptors (Lipinski definition) is 2. The molecule has 2 heteroatoms. The first-order chi connectivity index (χ1) is 8.05. The van der Waals surface area contributed by atoms with E-state index in [1.165, 1.54) is 58.0 Å². The van der Waals surface area contributed by atoms with Gasteiger partial charge in [-0.2, -0.15) is 0 Å². The molecule has 2 rings (SSSR count). The molecule has 100 valence electrons. The van der Waals surface area contributed by atoms with E-state index in [4.69, 9.17) is 4.74 Å². The van der Waals surface area contributed by atoms with Crippen LogP contribution in [0.4, 0.5) is 0 Å². The molecule has 0 aromatic rings. The molecule has 0 aromatic carbocycles. The highest BCUT2D eigenvalue weighted by molar-refractivity contribution is 4.82. The molecule has 17 heavy (non-hydrogen) atoms. The van der Waals surface area contributed by atoms with Gasteiger partial charge in [-0.25, -0.2) is 0 Å². The van der Waals surface area contributed by atoms with Crippen molar-refractivity contribution in [1.29, 1.82) is 0 Å². The molecule has 0 atom stereocenters. The number of likely N-dealkylation sites (tertiary alicyclic amines) is 1. The van der Waals surface area contributed by atoms with Crippen molar-refractivity contribution in [2.45, 2.75) is 83.5 Å². The lowest BCUT2D eigenvalue weighted by Gasteiger charge is -2.41. The second-order valence-electron chi connectivity index (χ2n) is 6.75. The smallest absolute Gasteiger partial charge is 0.0603 e. The van der Waals surface area contributed by atoms with E-state index < -0.39 is 0 Å². The summed E-state index contributed by atoms with van der Waals surface area (Å²) in [7, 11) is 0. The Morgan fingerprint density at radius 2 is 1.35 bits per heavy atom. The number of ether oxygens (including phenoxy) is 1. The summed E-state index contributed by atoms with van der Waals surface area (Å²) in [6.07, 6.45) is 10.4. The van der Waals surface area contributed by atoms with E-state index in [1.807, 2.05) is 0 Å². The van der Waals surface area contributed by atoms with Crippen LogP contribution in [0.2, 0.25) is 0 Å². The van der Waals surface area contributed by atoms with Crippen LogP contribution in [0.1, 0.15) is 65.7 Å². The van der Waals surface area contributed by atoms with Crippen LogP contribution in [0, 0.1) is 0 Å².